The fourth-order valence-corrected chi connectivity index (χ4v) is 5.93. The first-order valence-corrected chi connectivity index (χ1v) is 12.5. The summed E-state index contributed by atoms with van der Waals surface area (Å²) in [5, 5.41) is 0. The molecule has 30 heavy (non-hydrogen) atoms. The number of ether oxygens (including phenoxy) is 1. The Bertz CT molecular complexity index is 990. The van der Waals surface area contributed by atoms with E-state index in [4.69, 9.17) is 9.72 Å². The van der Waals surface area contributed by atoms with E-state index in [2.05, 4.69) is 30.7 Å². The molecule has 8 nitrogen and oxygen atoms in total. The van der Waals surface area contributed by atoms with Crippen LogP contribution in [0.2, 0.25) is 0 Å². The molecule has 0 amide bonds. The van der Waals surface area contributed by atoms with Crippen molar-refractivity contribution >= 4 is 37.7 Å². The van der Waals surface area contributed by atoms with E-state index in [9.17, 15) is 8.42 Å². The predicted molar refractivity (Wildman–Crippen MR) is 120 cm³/mol. The molecule has 1 aromatic carbocycles. The third-order valence-electron chi connectivity index (χ3n) is 5.40. The van der Waals surface area contributed by atoms with Gasteiger partial charge < -0.3 is 14.5 Å². The molecule has 162 valence electrons. The summed E-state index contributed by atoms with van der Waals surface area (Å²) in [6.45, 7) is 6.17. The first kappa shape index (κ1) is 21.3. The second-order valence-electron chi connectivity index (χ2n) is 7.32. The third kappa shape index (κ3) is 4.40. The maximum absolute atomic E-state index is 13.3. The van der Waals surface area contributed by atoms with Crippen molar-refractivity contribution in [1.82, 2.24) is 14.3 Å². The molecule has 0 bridgehead atoms. The molecule has 2 fully saturated rings. The van der Waals surface area contributed by atoms with Crippen LogP contribution in [-0.4, -0.2) is 68.6 Å². The first-order chi connectivity index (χ1) is 14.5. The highest BCUT2D eigenvalue weighted by Crippen LogP contribution is 2.31. The van der Waals surface area contributed by atoms with Gasteiger partial charge in [-0.25, -0.2) is 13.4 Å². The number of halogens is 1. The number of aromatic nitrogens is 2. The topological polar surface area (TPSA) is 78.9 Å². The van der Waals surface area contributed by atoms with Crippen LogP contribution in [0.5, 0.6) is 5.75 Å². The summed E-state index contributed by atoms with van der Waals surface area (Å²) in [6.07, 6.45) is 4.13. The Morgan fingerprint density at radius 3 is 2.47 bits per heavy atom. The standard InChI is InChI=1S/C20H26BrN5O3S/c1-2-29-17-6-5-16(21)15-18(17)30(27,28)26-13-11-24(12-14-26)19-7-8-22-20(23-19)25-9-3-4-10-25/h5-8,15H,2-4,9-14H2,1H3. The van der Waals surface area contributed by atoms with Crippen LogP contribution in [-0.2, 0) is 10.0 Å². The largest absolute Gasteiger partial charge is 0.492 e. The Morgan fingerprint density at radius 2 is 1.77 bits per heavy atom. The van der Waals surface area contributed by atoms with Crippen molar-refractivity contribution in [2.45, 2.75) is 24.7 Å². The lowest BCUT2D eigenvalue weighted by molar-refractivity contribution is 0.327. The number of sulfonamides is 1. The van der Waals surface area contributed by atoms with Crippen molar-refractivity contribution in [2.24, 2.45) is 0 Å². The Hall–Kier alpha value is -1.91. The number of anilines is 2. The molecule has 0 saturated carbocycles. The Balaban J connectivity index is 1.48. The summed E-state index contributed by atoms with van der Waals surface area (Å²) in [4.78, 5) is 13.7. The molecular formula is C20H26BrN5O3S. The molecular weight excluding hydrogens is 470 g/mol. The molecule has 0 radical (unpaired) electrons. The van der Waals surface area contributed by atoms with Gasteiger partial charge in [0.15, 0.2) is 0 Å². The second kappa shape index (κ2) is 9.07. The molecule has 2 aromatic rings. The van der Waals surface area contributed by atoms with E-state index in [0.29, 0.717) is 43.0 Å². The minimum atomic E-state index is -3.65. The SMILES string of the molecule is CCOc1ccc(Br)cc1S(=O)(=O)N1CCN(c2ccnc(N3CCCC3)n2)CC1. The molecule has 0 spiro atoms. The lowest BCUT2D eigenvalue weighted by Gasteiger charge is -2.35. The van der Waals surface area contributed by atoms with Gasteiger partial charge in [-0.3, -0.25) is 0 Å². The molecule has 3 heterocycles. The predicted octanol–water partition coefficient (Wildman–Crippen LogP) is 2.75. The summed E-state index contributed by atoms with van der Waals surface area (Å²) >= 11 is 3.37. The number of hydrogen-bond donors (Lipinski definition) is 0. The van der Waals surface area contributed by atoms with Crippen LogP contribution in [0.1, 0.15) is 19.8 Å². The fraction of sp³-hybridized carbons (Fsp3) is 0.500. The number of nitrogens with zero attached hydrogens (tertiary/aromatic N) is 5. The molecule has 2 aliphatic rings. The highest BCUT2D eigenvalue weighted by molar-refractivity contribution is 9.10. The Labute approximate surface area is 186 Å². The zero-order valence-electron chi connectivity index (χ0n) is 17.0. The van der Waals surface area contributed by atoms with E-state index in [0.717, 1.165) is 24.9 Å². The maximum atomic E-state index is 13.3. The number of hydrogen-bond acceptors (Lipinski definition) is 7. The maximum Gasteiger partial charge on any atom is 0.246 e. The highest BCUT2D eigenvalue weighted by Gasteiger charge is 2.31. The molecule has 4 rings (SSSR count). The monoisotopic (exact) mass is 495 g/mol. The Kier molecular flexibility index (Phi) is 6.45. The normalized spacial score (nSPS) is 18.1. The van der Waals surface area contributed by atoms with Crippen LogP contribution in [0, 0.1) is 0 Å². The molecule has 2 aliphatic heterocycles. The van der Waals surface area contributed by atoms with Crippen LogP contribution in [0.4, 0.5) is 11.8 Å². The van der Waals surface area contributed by atoms with E-state index in [-0.39, 0.29) is 4.90 Å². The van der Waals surface area contributed by atoms with Crippen molar-refractivity contribution in [3.8, 4) is 5.75 Å². The summed E-state index contributed by atoms with van der Waals surface area (Å²) in [7, 11) is -3.65. The molecule has 0 atom stereocenters. The third-order valence-corrected chi connectivity index (χ3v) is 7.82. The smallest absolute Gasteiger partial charge is 0.246 e. The Morgan fingerprint density at radius 1 is 1.03 bits per heavy atom. The molecule has 0 N–H and O–H groups in total. The second-order valence-corrected chi connectivity index (χ2v) is 10.1. The summed E-state index contributed by atoms with van der Waals surface area (Å²) < 4.78 is 34.4. The van der Waals surface area contributed by atoms with Gasteiger partial charge in [-0.15, -0.1) is 0 Å². The quantitative estimate of drug-likeness (QED) is 0.609. The number of piperazine rings is 1. The van der Waals surface area contributed by atoms with Crippen molar-refractivity contribution in [3.63, 3.8) is 0 Å². The van der Waals surface area contributed by atoms with E-state index in [1.807, 2.05) is 13.0 Å². The van der Waals surface area contributed by atoms with Gasteiger partial charge in [0.2, 0.25) is 16.0 Å². The van der Waals surface area contributed by atoms with Gasteiger partial charge in [-0.2, -0.15) is 9.29 Å². The number of benzene rings is 1. The highest BCUT2D eigenvalue weighted by atomic mass is 79.9. The van der Waals surface area contributed by atoms with Gasteiger partial charge in [0.1, 0.15) is 16.5 Å². The van der Waals surface area contributed by atoms with Gasteiger partial charge in [-0.1, -0.05) is 15.9 Å². The van der Waals surface area contributed by atoms with Gasteiger partial charge in [-0.05, 0) is 44.0 Å². The van der Waals surface area contributed by atoms with Gasteiger partial charge in [0.05, 0.1) is 6.61 Å². The summed E-state index contributed by atoms with van der Waals surface area (Å²) in [5.41, 5.74) is 0. The van der Waals surface area contributed by atoms with Crippen LogP contribution < -0.4 is 14.5 Å². The van der Waals surface area contributed by atoms with E-state index in [1.54, 1.807) is 24.4 Å². The zero-order valence-corrected chi connectivity index (χ0v) is 19.4. The van der Waals surface area contributed by atoms with Crippen molar-refractivity contribution < 1.29 is 13.2 Å². The average molecular weight is 496 g/mol. The lowest BCUT2D eigenvalue weighted by atomic mass is 10.3. The van der Waals surface area contributed by atoms with Crippen molar-refractivity contribution in [1.29, 1.82) is 0 Å². The van der Waals surface area contributed by atoms with Gasteiger partial charge in [0, 0.05) is 49.9 Å². The average Bonchev–Trinajstić information content (AvgIpc) is 3.30. The summed E-state index contributed by atoms with van der Waals surface area (Å²) in [5.74, 6) is 1.99. The molecule has 0 aliphatic carbocycles. The van der Waals surface area contributed by atoms with Crippen LogP contribution in [0.25, 0.3) is 0 Å². The van der Waals surface area contributed by atoms with Crippen molar-refractivity contribution in [3.05, 3.63) is 34.9 Å². The minimum absolute atomic E-state index is 0.200. The van der Waals surface area contributed by atoms with Crippen molar-refractivity contribution in [2.75, 3.05) is 55.7 Å². The van der Waals surface area contributed by atoms with E-state index < -0.39 is 10.0 Å². The van der Waals surface area contributed by atoms with E-state index in [1.165, 1.54) is 17.1 Å². The lowest BCUT2D eigenvalue weighted by Crippen LogP contribution is -2.49. The summed E-state index contributed by atoms with van der Waals surface area (Å²) in [6, 6.07) is 6.98. The molecule has 2 saturated heterocycles. The molecule has 10 heteroatoms. The van der Waals surface area contributed by atoms with Crippen LogP contribution in [0.3, 0.4) is 0 Å². The molecule has 0 unspecified atom stereocenters. The molecule has 1 aromatic heterocycles. The van der Waals surface area contributed by atoms with E-state index >= 15 is 0 Å². The van der Waals surface area contributed by atoms with Gasteiger partial charge >= 0.3 is 0 Å². The fourth-order valence-electron chi connectivity index (χ4n) is 3.84. The van der Waals surface area contributed by atoms with Gasteiger partial charge in [0.25, 0.3) is 0 Å². The zero-order chi connectivity index (χ0) is 21.1. The first-order valence-electron chi connectivity index (χ1n) is 10.2. The minimum Gasteiger partial charge on any atom is -0.492 e. The van der Waals surface area contributed by atoms with Crippen LogP contribution >= 0.6 is 15.9 Å². The number of rotatable bonds is 6. The van der Waals surface area contributed by atoms with Crippen LogP contribution in [0.15, 0.2) is 39.8 Å².